The second-order valence-electron chi connectivity index (χ2n) is 3.64. The van der Waals surface area contributed by atoms with Gasteiger partial charge in [0.2, 0.25) is 5.91 Å². The number of nitrogens with zero attached hydrogens (tertiary/aromatic N) is 1. The molecule has 1 heterocycles. The summed E-state index contributed by atoms with van der Waals surface area (Å²) in [6.07, 6.45) is 4.24. The van der Waals surface area contributed by atoms with Crippen molar-refractivity contribution in [2.45, 2.75) is 13.3 Å². The fourth-order valence-corrected chi connectivity index (χ4v) is 2.29. The van der Waals surface area contributed by atoms with Gasteiger partial charge in [0.15, 0.2) is 0 Å². The van der Waals surface area contributed by atoms with Crippen molar-refractivity contribution in [3.05, 3.63) is 35.3 Å². The molecule has 1 N–H and O–H groups in total. The molecule has 2 rings (SSSR count). The maximum Gasteiger partial charge on any atom is 0.244 e. The number of hydrogen-bond acceptors (Lipinski definition) is 3. The van der Waals surface area contributed by atoms with Crippen LogP contribution < -0.4 is 5.32 Å². The third kappa shape index (κ3) is 3.14. The molecule has 0 saturated heterocycles. The van der Waals surface area contributed by atoms with Gasteiger partial charge in [-0.15, -0.1) is 11.3 Å². The fraction of sp³-hybridized carbons (Fsp3) is 0.231. The molecule has 0 unspecified atom stereocenters. The highest BCUT2D eigenvalue weighted by atomic mass is 32.1. The third-order valence-electron chi connectivity index (χ3n) is 2.24. The summed E-state index contributed by atoms with van der Waals surface area (Å²) < 4.78 is 1.14. The van der Waals surface area contributed by atoms with E-state index in [0.717, 1.165) is 21.6 Å². The number of benzene rings is 1. The molecule has 3 nitrogen and oxygen atoms in total. The first kappa shape index (κ1) is 11.8. The van der Waals surface area contributed by atoms with E-state index in [1.54, 1.807) is 17.4 Å². The van der Waals surface area contributed by atoms with Gasteiger partial charge < -0.3 is 5.32 Å². The molecule has 0 aliphatic rings. The van der Waals surface area contributed by atoms with Crippen molar-refractivity contribution in [2.24, 2.45) is 0 Å². The Morgan fingerprint density at radius 1 is 1.47 bits per heavy atom. The molecule has 0 aliphatic heterocycles. The molecule has 1 aromatic carbocycles. The second-order valence-corrected chi connectivity index (χ2v) is 4.71. The lowest BCUT2D eigenvalue weighted by Crippen LogP contribution is -2.21. The van der Waals surface area contributed by atoms with Crippen molar-refractivity contribution in [3.63, 3.8) is 0 Å². The first-order valence-corrected chi connectivity index (χ1v) is 6.42. The van der Waals surface area contributed by atoms with Crippen molar-refractivity contribution < 1.29 is 4.79 Å². The quantitative estimate of drug-likeness (QED) is 0.843. The van der Waals surface area contributed by atoms with Crippen LogP contribution in [0.25, 0.3) is 16.3 Å². The zero-order valence-electron chi connectivity index (χ0n) is 9.64. The summed E-state index contributed by atoms with van der Waals surface area (Å²) in [4.78, 5) is 15.8. The predicted molar refractivity (Wildman–Crippen MR) is 72.0 cm³/mol. The fourth-order valence-electron chi connectivity index (χ4n) is 1.42. The van der Waals surface area contributed by atoms with Crippen LogP contribution in [0, 0.1) is 0 Å². The summed E-state index contributed by atoms with van der Waals surface area (Å²) in [6.45, 7) is 2.74. The van der Waals surface area contributed by atoms with Gasteiger partial charge in [0, 0.05) is 12.6 Å². The standard InChI is InChI=1S/C13H14N2OS/c1-2-9-14-12(16)7-8-13-15-10-5-3-4-6-11(10)17-13/h3-8H,2,9H2,1H3,(H,14,16). The number of hydrogen-bond donors (Lipinski definition) is 1. The van der Waals surface area contributed by atoms with Gasteiger partial charge in [0.1, 0.15) is 5.01 Å². The van der Waals surface area contributed by atoms with Crippen LogP contribution in [0.4, 0.5) is 0 Å². The Bertz CT molecular complexity index is 512. The molecular formula is C13H14N2OS. The first-order chi connectivity index (χ1) is 8.29. The molecule has 0 atom stereocenters. The molecule has 0 radical (unpaired) electrons. The number of para-hydroxylation sites is 1. The number of carbonyl (C=O) groups excluding carboxylic acids is 1. The smallest absolute Gasteiger partial charge is 0.244 e. The monoisotopic (exact) mass is 246 g/mol. The van der Waals surface area contributed by atoms with E-state index in [1.165, 1.54) is 6.08 Å². The topological polar surface area (TPSA) is 42.0 Å². The van der Waals surface area contributed by atoms with Crippen LogP contribution in [0.5, 0.6) is 0 Å². The van der Waals surface area contributed by atoms with Crippen LogP contribution in [0.15, 0.2) is 30.3 Å². The minimum Gasteiger partial charge on any atom is -0.353 e. The van der Waals surface area contributed by atoms with Crippen LogP contribution in [0.1, 0.15) is 18.4 Å². The largest absolute Gasteiger partial charge is 0.353 e. The minimum atomic E-state index is -0.0638. The maximum absolute atomic E-state index is 11.4. The van der Waals surface area contributed by atoms with E-state index in [-0.39, 0.29) is 5.91 Å². The Morgan fingerprint density at radius 3 is 3.06 bits per heavy atom. The Balaban J connectivity index is 2.07. The number of amides is 1. The van der Waals surface area contributed by atoms with Crippen molar-refractivity contribution >= 4 is 33.5 Å². The highest BCUT2D eigenvalue weighted by Gasteiger charge is 2.00. The minimum absolute atomic E-state index is 0.0638. The first-order valence-electron chi connectivity index (χ1n) is 5.61. The zero-order chi connectivity index (χ0) is 12.1. The van der Waals surface area contributed by atoms with Crippen LogP contribution in [-0.2, 0) is 4.79 Å². The number of fused-ring (bicyclic) bond motifs is 1. The maximum atomic E-state index is 11.4. The van der Waals surface area contributed by atoms with Crippen LogP contribution in [-0.4, -0.2) is 17.4 Å². The molecule has 0 aliphatic carbocycles. The lowest BCUT2D eigenvalue weighted by Gasteiger charge is -1.96. The predicted octanol–water partition coefficient (Wildman–Crippen LogP) is 2.84. The van der Waals surface area contributed by atoms with Crippen molar-refractivity contribution in [1.29, 1.82) is 0 Å². The van der Waals surface area contributed by atoms with Crippen molar-refractivity contribution in [3.8, 4) is 0 Å². The Labute approximate surface area is 104 Å². The van der Waals surface area contributed by atoms with E-state index in [0.29, 0.717) is 6.54 Å². The number of nitrogens with one attached hydrogen (secondary N) is 1. The van der Waals surface area contributed by atoms with Gasteiger partial charge in [-0.3, -0.25) is 4.79 Å². The Hall–Kier alpha value is -1.68. The Kier molecular flexibility index (Phi) is 3.88. The summed E-state index contributed by atoms with van der Waals surface area (Å²) in [5.41, 5.74) is 0.978. The van der Waals surface area contributed by atoms with Gasteiger partial charge in [-0.25, -0.2) is 4.98 Å². The average Bonchev–Trinajstić information content (AvgIpc) is 2.76. The molecule has 1 amide bonds. The summed E-state index contributed by atoms with van der Waals surface area (Å²) in [6, 6.07) is 7.95. The summed E-state index contributed by atoms with van der Waals surface area (Å²) in [5.74, 6) is -0.0638. The average molecular weight is 246 g/mol. The lowest BCUT2D eigenvalue weighted by atomic mass is 10.3. The molecular weight excluding hydrogens is 232 g/mol. The lowest BCUT2D eigenvalue weighted by molar-refractivity contribution is -0.116. The van der Waals surface area contributed by atoms with Crippen molar-refractivity contribution in [1.82, 2.24) is 10.3 Å². The van der Waals surface area contributed by atoms with Gasteiger partial charge in [-0.2, -0.15) is 0 Å². The number of carbonyl (C=O) groups is 1. The van der Waals surface area contributed by atoms with Gasteiger partial charge in [-0.05, 0) is 24.6 Å². The molecule has 0 saturated carbocycles. The van der Waals surface area contributed by atoms with Crippen LogP contribution in [0.2, 0.25) is 0 Å². The molecule has 0 fully saturated rings. The highest BCUT2D eigenvalue weighted by molar-refractivity contribution is 7.19. The van der Waals surface area contributed by atoms with Crippen LogP contribution in [0.3, 0.4) is 0 Å². The molecule has 17 heavy (non-hydrogen) atoms. The molecule has 4 heteroatoms. The van der Waals surface area contributed by atoms with Gasteiger partial charge in [-0.1, -0.05) is 19.1 Å². The van der Waals surface area contributed by atoms with E-state index >= 15 is 0 Å². The van der Waals surface area contributed by atoms with Gasteiger partial charge in [0.25, 0.3) is 0 Å². The molecule has 88 valence electrons. The summed E-state index contributed by atoms with van der Waals surface area (Å²) >= 11 is 1.59. The Morgan fingerprint density at radius 2 is 2.29 bits per heavy atom. The summed E-state index contributed by atoms with van der Waals surface area (Å²) in [5, 5.41) is 3.65. The third-order valence-corrected chi connectivity index (χ3v) is 3.24. The number of aromatic nitrogens is 1. The SMILES string of the molecule is CCCNC(=O)C=Cc1nc2ccccc2s1. The normalized spacial score (nSPS) is 11.1. The van der Waals surface area contributed by atoms with E-state index in [1.807, 2.05) is 31.2 Å². The second kappa shape index (κ2) is 5.59. The van der Waals surface area contributed by atoms with E-state index < -0.39 is 0 Å². The number of thiazole rings is 1. The van der Waals surface area contributed by atoms with E-state index in [9.17, 15) is 4.79 Å². The van der Waals surface area contributed by atoms with Gasteiger partial charge >= 0.3 is 0 Å². The molecule has 0 spiro atoms. The summed E-state index contributed by atoms with van der Waals surface area (Å²) in [7, 11) is 0. The molecule has 1 aromatic heterocycles. The van der Waals surface area contributed by atoms with E-state index in [2.05, 4.69) is 10.3 Å². The molecule has 2 aromatic rings. The number of rotatable bonds is 4. The van der Waals surface area contributed by atoms with E-state index in [4.69, 9.17) is 0 Å². The zero-order valence-corrected chi connectivity index (χ0v) is 10.5. The molecule has 0 bridgehead atoms. The van der Waals surface area contributed by atoms with Gasteiger partial charge in [0.05, 0.1) is 10.2 Å². The van der Waals surface area contributed by atoms with Crippen molar-refractivity contribution in [2.75, 3.05) is 6.54 Å². The van der Waals surface area contributed by atoms with Crippen LogP contribution >= 0.6 is 11.3 Å². The highest BCUT2D eigenvalue weighted by Crippen LogP contribution is 2.22.